The zero-order valence-electron chi connectivity index (χ0n) is 11.3. The Balaban J connectivity index is 0.000000147. The molecule has 1 heterocycles. The first-order valence-corrected chi connectivity index (χ1v) is 7.53. The van der Waals surface area contributed by atoms with Crippen LogP contribution in [0, 0.1) is 0 Å². The summed E-state index contributed by atoms with van der Waals surface area (Å²) in [5.41, 5.74) is 12.8. The molecule has 1 aliphatic rings. The number of hydrogen-bond acceptors (Lipinski definition) is 4. The zero-order chi connectivity index (χ0) is 14.4. The van der Waals surface area contributed by atoms with Gasteiger partial charge in [0.2, 0.25) is 5.91 Å². The van der Waals surface area contributed by atoms with Crippen LogP contribution < -0.4 is 11.5 Å². The SMILES string of the molecule is NC(=O)Cc1ccccc1.Nc1nc2c(s1)CCCC2. The number of carbonyl (C=O) groups excluding carboxylic acids is 1. The van der Waals surface area contributed by atoms with Crippen LogP contribution in [-0.4, -0.2) is 10.9 Å². The van der Waals surface area contributed by atoms with Gasteiger partial charge in [-0.3, -0.25) is 4.79 Å². The number of fused-ring (bicyclic) bond motifs is 1. The maximum atomic E-state index is 10.4. The third-order valence-corrected chi connectivity index (χ3v) is 4.07. The number of nitrogens with zero attached hydrogens (tertiary/aromatic N) is 1. The highest BCUT2D eigenvalue weighted by molar-refractivity contribution is 7.15. The van der Waals surface area contributed by atoms with E-state index in [-0.39, 0.29) is 5.91 Å². The van der Waals surface area contributed by atoms with Crippen molar-refractivity contribution in [1.29, 1.82) is 0 Å². The van der Waals surface area contributed by atoms with Gasteiger partial charge in [0.15, 0.2) is 5.13 Å². The number of aryl methyl sites for hydroxylation is 2. The molecule has 0 spiro atoms. The molecule has 1 amide bonds. The van der Waals surface area contributed by atoms with E-state index in [1.54, 1.807) is 11.3 Å². The quantitative estimate of drug-likeness (QED) is 0.890. The predicted octanol–water partition coefficient (Wildman–Crippen LogP) is 2.32. The minimum atomic E-state index is -0.286. The van der Waals surface area contributed by atoms with Gasteiger partial charge in [0, 0.05) is 4.88 Å². The lowest BCUT2D eigenvalue weighted by atomic mass is 10.0. The maximum absolute atomic E-state index is 10.4. The van der Waals surface area contributed by atoms with Gasteiger partial charge >= 0.3 is 0 Å². The van der Waals surface area contributed by atoms with Gasteiger partial charge in [-0.2, -0.15) is 0 Å². The highest BCUT2D eigenvalue weighted by Crippen LogP contribution is 2.27. The van der Waals surface area contributed by atoms with Crippen LogP contribution in [0.4, 0.5) is 5.13 Å². The second-order valence-electron chi connectivity index (χ2n) is 4.76. The molecule has 4 nitrogen and oxygen atoms in total. The molecule has 20 heavy (non-hydrogen) atoms. The van der Waals surface area contributed by atoms with E-state index < -0.39 is 0 Å². The van der Waals surface area contributed by atoms with Crippen molar-refractivity contribution >= 4 is 22.4 Å². The molecule has 5 heteroatoms. The molecule has 0 unspecified atom stereocenters. The number of rotatable bonds is 2. The number of nitrogens with two attached hydrogens (primary N) is 2. The Hall–Kier alpha value is -1.88. The smallest absolute Gasteiger partial charge is 0.221 e. The molecule has 1 aliphatic carbocycles. The molecule has 0 fully saturated rings. The summed E-state index contributed by atoms with van der Waals surface area (Å²) in [6.45, 7) is 0. The average molecular weight is 289 g/mol. The Morgan fingerprint density at radius 2 is 1.90 bits per heavy atom. The molecule has 106 valence electrons. The zero-order valence-corrected chi connectivity index (χ0v) is 12.2. The fourth-order valence-electron chi connectivity index (χ4n) is 2.17. The van der Waals surface area contributed by atoms with E-state index in [0.717, 1.165) is 17.1 Å². The number of anilines is 1. The van der Waals surface area contributed by atoms with Gasteiger partial charge in [-0.25, -0.2) is 4.98 Å². The van der Waals surface area contributed by atoms with Crippen LogP contribution in [0.3, 0.4) is 0 Å². The Bertz CT molecular complexity index is 542. The standard InChI is InChI=1S/C8H9NO.C7H10N2S/c9-8(10)6-7-4-2-1-3-5-7;8-7-9-5-3-1-2-4-6(5)10-7/h1-5H,6H2,(H2,9,10);1-4H2,(H2,8,9). The van der Waals surface area contributed by atoms with Crippen LogP contribution in [-0.2, 0) is 24.1 Å². The van der Waals surface area contributed by atoms with Crippen molar-refractivity contribution < 1.29 is 4.79 Å². The molecule has 0 saturated carbocycles. The molecule has 0 bridgehead atoms. The highest BCUT2D eigenvalue weighted by Gasteiger charge is 2.12. The van der Waals surface area contributed by atoms with E-state index in [9.17, 15) is 4.79 Å². The Morgan fingerprint density at radius 1 is 1.20 bits per heavy atom. The number of hydrogen-bond donors (Lipinski definition) is 2. The van der Waals surface area contributed by atoms with Crippen LogP contribution in [0.2, 0.25) is 0 Å². The molecule has 1 aromatic heterocycles. The lowest BCUT2D eigenvalue weighted by Crippen LogP contribution is -2.13. The molecular weight excluding hydrogens is 270 g/mol. The number of thiazole rings is 1. The maximum Gasteiger partial charge on any atom is 0.221 e. The van der Waals surface area contributed by atoms with Gasteiger partial charge < -0.3 is 11.5 Å². The molecule has 2 aromatic rings. The summed E-state index contributed by atoms with van der Waals surface area (Å²) >= 11 is 1.66. The van der Waals surface area contributed by atoms with Gasteiger partial charge in [-0.15, -0.1) is 11.3 Å². The molecule has 0 atom stereocenters. The summed E-state index contributed by atoms with van der Waals surface area (Å²) in [6.07, 6.45) is 5.28. The minimum absolute atomic E-state index is 0.286. The number of benzene rings is 1. The van der Waals surface area contributed by atoms with Gasteiger partial charge in [0.1, 0.15) is 0 Å². The predicted molar refractivity (Wildman–Crippen MR) is 82.5 cm³/mol. The van der Waals surface area contributed by atoms with E-state index in [4.69, 9.17) is 11.5 Å². The van der Waals surface area contributed by atoms with Gasteiger partial charge in [0.05, 0.1) is 12.1 Å². The lowest BCUT2D eigenvalue weighted by Gasteiger charge is -2.06. The molecule has 0 saturated heterocycles. The van der Waals surface area contributed by atoms with E-state index in [1.165, 1.54) is 29.8 Å². The van der Waals surface area contributed by atoms with Crippen LogP contribution in [0.5, 0.6) is 0 Å². The summed E-state index contributed by atoms with van der Waals surface area (Å²) < 4.78 is 0. The first kappa shape index (κ1) is 14.5. The average Bonchev–Trinajstić information content (AvgIpc) is 2.80. The molecule has 1 aromatic carbocycles. The normalized spacial score (nSPS) is 13.0. The van der Waals surface area contributed by atoms with Gasteiger partial charge in [0.25, 0.3) is 0 Å². The summed E-state index contributed by atoms with van der Waals surface area (Å²) in [7, 11) is 0. The Morgan fingerprint density at radius 3 is 2.55 bits per heavy atom. The van der Waals surface area contributed by atoms with E-state index in [2.05, 4.69) is 4.98 Å². The van der Waals surface area contributed by atoms with Crippen LogP contribution in [0.1, 0.15) is 29.0 Å². The van der Waals surface area contributed by atoms with Crippen molar-refractivity contribution in [2.24, 2.45) is 5.73 Å². The van der Waals surface area contributed by atoms with Crippen LogP contribution in [0.15, 0.2) is 30.3 Å². The number of nitrogen functional groups attached to an aromatic ring is 1. The summed E-state index contributed by atoms with van der Waals surface area (Å²) in [4.78, 5) is 16.1. The van der Waals surface area contributed by atoms with E-state index in [1.807, 2.05) is 30.3 Å². The number of amides is 1. The van der Waals surface area contributed by atoms with Crippen molar-refractivity contribution in [3.8, 4) is 0 Å². The topological polar surface area (TPSA) is 82.0 Å². The van der Waals surface area contributed by atoms with Crippen molar-refractivity contribution in [2.75, 3.05) is 5.73 Å². The fraction of sp³-hybridized carbons (Fsp3) is 0.333. The van der Waals surface area contributed by atoms with Crippen LogP contribution in [0.25, 0.3) is 0 Å². The molecule has 3 rings (SSSR count). The third kappa shape index (κ3) is 4.35. The van der Waals surface area contributed by atoms with Gasteiger partial charge in [-0.1, -0.05) is 30.3 Å². The van der Waals surface area contributed by atoms with E-state index in [0.29, 0.717) is 6.42 Å². The summed E-state index contributed by atoms with van der Waals surface area (Å²) in [5, 5.41) is 0.743. The van der Waals surface area contributed by atoms with E-state index >= 15 is 0 Å². The second kappa shape index (κ2) is 7.05. The monoisotopic (exact) mass is 289 g/mol. The van der Waals surface area contributed by atoms with Crippen LogP contribution >= 0.6 is 11.3 Å². The van der Waals surface area contributed by atoms with Gasteiger partial charge in [-0.05, 0) is 31.2 Å². The molecule has 4 N–H and O–H groups in total. The van der Waals surface area contributed by atoms with Crippen molar-refractivity contribution in [2.45, 2.75) is 32.1 Å². The molecule has 0 aliphatic heterocycles. The fourth-order valence-corrected chi connectivity index (χ4v) is 3.09. The summed E-state index contributed by atoms with van der Waals surface area (Å²) in [6, 6.07) is 9.44. The first-order chi connectivity index (χ1) is 9.65. The number of aromatic nitrogens is 1. The summed E-state index contributed by atoms with van der Waals surface area (Å²) in [5.74, 6) is -0.286. The highest BCUT2D eigenvalue weighted by atomic mass is 32.1. The van der Waals surface area contributed by atoms with Crippen molar-refractivity contribution in [3.05, 3.63) is 46.5 Å². The number of carbonyl (C=O) groups is 1. The first-order valence-electron chi connectivity index (χ1n) is 6.71. The number of primary amides is 1. The molecular formula is C15H19N3OS. The minimum Gasteiger partial charge on any atom is -0.375 e. The largest absolute Gasteiger partial charge is 0.375 e. The third-order valence-electron chi connectivity index (χ3n) is 3.08. The lowest BCUT2D eigenvalue weighted by molar-refractivity contribution is -0.117. The van der Waals surface area contributed by atoms with Crippen molar-refractivity contribution in [1.82, 2.24) is 4.98 Å². The van der Waals surface area contributed by atoms with Crippen molar-refractivity contribution in [3.63, 3.8) is 0 Å². The molecule has 0 radical (unpaired) electrons. The Kier molecular flexibility index (Phi) is 5.12. The Labute approximate surface area is 122 Å². The second-order valence-corrected chi connectivity index (χ2v) is 5.87.